The molecule has 4 aromatic rings. The fourth-order valence-corrected chi connectivity index (χ4v) is 4.49. The van der Waals surface area contributed by atoms with E-state index in [0.717, 1.165) is 17.1 Å². The van der Waals surface area contributed by atoms with E-state index < -0.39 is 4.92 Å². The largest absolute Gasteiger partial charge is 0.493 e. The third-order valence-corrected chi connectivity index (χ3v) is 7.65. The molecule has 2 aromatic heterocycles. The summed E-state index contributed by atoms with van der Waals surface area (Å²) in [5.74, 6) is 0.993. The van der Waals surface area contributed by atoms with Crippen LogP contribution in [-0.2, 0) is 0 Å². The van der Waals surface area contributed by atoms with Gasteiger partial charge in [0.2, 0.25) is 5.88 Å². The smallest absolute Gasteiger partial charge is 0.287 e. The van der Waals surface area contributed by atoms with Gasteiger partial charge >= 0.3 is 0 Å². The van der Waals surface area contributed by atoms with Crippen LogP contribution in [0.1, 0.15) is 37.6 Å². The number of pyridine rings is 1. The van der Waals surface area contributed by atoms with E-state index in [0.29, 0.717) is 26.8 Å². The topological polar surface area (TPSA) is 122 Å². The predicted octanol–water partition coefficient (Wildman–Crippen LogP) is 7.07. The molecular formula is C25H20Br2ClN5O5. The molecule has 1 atom stereocenters. The number of hydrogen-bond donors (Lipinski definition) is 0. The van der Waals surface area contributed by atoms with Crippen molar-refractivity contribution in [3.8, 4) is 17.4 Å². The van der Waals surface area contributed by atoms with Gasteiger partial charge in [0.25, 0.3) is 11.2 Å². The van der Waals surface area contributed by atoms with Gasteiger partial charge in [-0.25, -0.2) is 9.97 Å². The molecule has 0 saturated carbocycles. The van der Waals surface area contributed by atoms with Crippen molar-refractivity contribution in [1.29, 1.82) is 0 Å². The van der Waals surface area contributed by atoms with E-state index in [1.807, 2.05) is 19.9 Å². The van der Waals surface area contributed by atoms with E-state index in [1.165, 1.54) is 30.1 Å². The Kier molecular flexibility index (Phi) is 8.44. The second-order valence-electron chi connectivity index (χ2n) is 8.14. The second kappa shape index (κ2) is 11.6. The zero-order valence-corrected chi connectivity index (χ0v) is 24.2. The van der Waals surface area contributed by atoms with Crippen LogP contribution < -0.4 is 15.0 Å². The minimum absolute atomic E-state index is 0.0283. The third-order valence-electron chi connectivity index (χ3n) is 5.71. The lowest BCUT2D eigenvalue weighted by molar-refractivity contribution is -0.385. The van der Waals surface area contributed by atoms with Gasteiger partial charge in [-0.3, -0.25) is 14.9 Å². The first kappa shape index (κ1) is 27.7. The highest BCUT2D eigenvalue weighted by molar-refractivity contribution is 9.10. The van der Waals surface area contributed by atoms with Gasteiger partial charge in [-0.2, -0.15) is 9.78 Å². The van der Waals surface area contributed by atoms with E-state index in [1.54, 1.807) is 18.2 Å². The molecule has 10 nitrogen and oxygen atoms in total. The lowest BCUT2D eigenvalue weighted by atomic mass is 10.1. The molecule has 196 valence electrons. The maximum Gasteiger partial charge on any atom is 0.287 e. The number of aromatic nitrogens is 3. The molecule has 0 aliphatic heterocycles. The fourth-order valence-electron chi connectivity index (χ4n) is 3.49. The Labute approximate surface area is 238 Å². The maximum atomic E-state index is 13.4. The van der Waals surface area contributed by atoms with Gasteiger partial charge < -0.3 is 9.47 Å². The predicted molar refractivity (Wildman–Crippen MR) is 152 cm³/mol. The Balaban J connectivity index is 1.77. The highest BCUT2D eigenvalue weighted by Gasteiger charge is 2.20. The van der Waals surface area contributed by atoms with Crippen molar-refractivity contribution < 1.29 is 14.4 Å². The monoisotopic (exact) mass is 663 g/mol. The molecule has 0 aliphatic carbocycles. The summed E-state index contributed by atoms with van der Waals surface area (Å²) in [5, 5.41) is 15.9. The van der Waals surface area contributed by atoms with Crippen molar-refractivity contribution in [2.75, 3.05) is 7.11 Å². The molecular weight excluding hydrogens is 646 g/mol. The van der Waals surface area contributed by atoms with Gasteiger partial charge in [-0.1, -0.05) is 41.4 Å². The molecule has 2 aromatic carbocycles. The average molecular weight is 666 g/mol. The lowest BCUT2D eigenvalue weighted by Crippen LogP contribution is -2.23. The van der Waals surface area contributed by atoms with Crippen molar-refractivity contribution >= 4 is 66.3 Å². The Morgan fingerprint density at radius 1 is 1.26 bits per heavy atom. The number of hydrogen-bond acceptors (Lipinski definition) is 8. The van der Waals surface area contributed by atoms with Crippen LogP contribution in [0.25, 0.3) is 10.9 Å². The van der Waals surface area contributed by atoms with Crippen LogP contribution in [-0.4, -0.2) is 32.9 Å². The summed E-state index contributed by atoms with van der Waals surface area (Å²) < 4.78 is 13.7. The number of ether oxygens (including phenoxy) is 2. The summed E-state index contributed by atoms with van der Waals surface area (Å²) in [6, 6.07) is 9.58. The summed E-state index contributed by atoms with van der Waals surface area (Å²) in [6.07, 6.45) is 3.32. The normalized spacial score (nSPS) is 12.2. The van der Waals surface area contributed by atoms with E-state index in [4.69, 9.17) is 26.1 Å². The van der Waals surface area contributed by atoms with Crippen molar-refractivity contribution in [2.45, 2.75) is 26.2 Å². The molecule has 38 heavy (non-hydrogen) atoms. The van der Waals surface area contributed by atoms with Crippen molar-refractivity contribution in [2.24, 2.45) is 5.10 Å². The molecule has 0 saturated heterocycles. The molecule has 0 spiro atoms. The van der Waals surface area contributed by atoms with Crippen LogP contribution in [0.3, 0.4) is 0 Å². The highest BCUT2D eigenvalue weighted by Crippen LogP contribution is 2.44. The van der Waals surface area contributed by atoms with Crippen molar-refractivity contribution in [1.82, 2.24) is 14.6 Å². The molecule has 0 aliphatic rings. The number of benzene rings is 2. The molecule has 0 bridgehead atoms. The minimum atomic E-state index is -0.559. The number of halogens is 3. The van der Waals surface area contributed by atoms with E-state index >= 15 is 0 Å². The van der Waals surface area contributed by atoms with E-state index in [9.17, 15) is 14.9 Å². The number of methoxy groups -OCH3 is 1. The lowest BCUT2D eigenvalue weighted by Gasteiger charge is -2.15. The Morgan fingerprint density at radius 2 is 2.03 bits per heavy atom. The van der Waals surface area contributed by atoms with Gasteiger partial charge in [0.05, 0.1) is 29.2 Å². The molecule has 0 amide bonds. The average Bonchev–Trinajstić information content (AvgIpc) is 2.91. The van der Waals surface area contributed by atoms with Gasteiger partial charge in [0.1, 0.15) is 17.0 Å². The first-order chi connectivity index (χ1) is 18.1. The molecule has 0 N–H and O–H groups in total. The summed E-state index contributed by atoms with van der Waals surface area (Å²) in [7, 11) is 1.44. The Bertz CT molecular complexity index is 1630. The molecule has 13 heteroatoms. The van der Waals surface area contributed by atoms with Gasteiger partial charge in [-0.15, -0.1) is 0 Å². The van der Waals surface area contributed by atoms with E-state index in [-0.39, 0.29) is 39.6 Å². The first-order valence-electron chi connectivity index (χ1n) is 11.2. The van der Waals surface area contributed by atoms with Gasteiger partial charge in [0.15, 0.2) is 11.5 Å². The van der Waals surface area contributed by atoms with Crippen LogP contribution in [0, 0.1) is 10.1 Å². The Morgan fingerprint density at radius 3 is 2.66 bits per heavy atom. The molecule has 0 radical (unpaired) electrons. The number of fused-ring (bicyclic) bond motifs is 1. The summed E-state index contributed by atoms with van der Waals surface area (Å²) >= 11 is 13.5. The van der Waals surface area contributed by atoms with Gasteiger partial charge in [0, 0.05) is 32.6 Å². The van der Waals surface area contributed by atoms with Crippen LogP contribution in [0.15, 0.2) is 61.4 Å². The molecule has 0 unspecified atom stereocenters. The molecule has 4 rings (SSSR count). The number of nitro groups is 1. The summed E-state index contributed by atoms with van der Waals surface area (Å²) in [5.41, 5.74) is 0.617. The zero-order chi connectivity index (χ0) is 27.6. The Hall–Kier alpha value is -3.35. The van der Waals surface area contributed by atoms with Crippen LogP contribution in [0.5, 0.6) is 17.4 Å². The fraction of sp³-hybridized carbons (Fsp3) is 0.200. The maximum absolute atomic E-state index is 13.4. The van der Waals surface area contributed by atoms with Crippen LogP contribution in [0.2, 0.25) is 5.02 Å². The number of rotatable bonds is 8. The molecule has 2 heterocycles. The van der Waals surface area contributed by atoms with E-state index in [2.05, 4.69) is 41.9 Å². The second-order valence-corrected chi connectivity index (χ2v) is 10.2. The first-order valence-corrected chi connectivity index (χ1v) is 13.2. The van der Waals surface area contributed by atoms with Crippen LogP contribution in [0.4, 0.5) is 5.69 Å². The third kappa shape index (κ3) is 5.57. The number of nitrogens with zero attached hydrogens (tertiary/aromatic N) is 5. The minimum Gasteiger partial charge on any atom is -0.493 e. The standard InChI is InChI=1S/C25H20Br2ClN5O5/c1-4-13(2)24-31-18-7-5-15(26)10-17(18)25(34)32(24)30-11-14-9-19(37-3)23(22(28)21(14)27)38-20-8-6-16(12-29-20)33(35)36/h5-13H,4H2,1-3H3/t13-/m1/s1. The van der Waals surface area contributed by atoms with Crippen molar-refractivity contribution in [3.63, 3.8) is 0 Å². The summed E-state index contributed by atoms with van der Waals surface area (Å²) in [4.78, 5) is 32.4. The zero-order valence-electron chi connectivity index (χ0n) is 20.3. The highest BCUT2D eigenvalue weighted by atomic mass is 79.9. The van der Waals surface area contributed by atoms with Crippen LogP contribution >= 0.6 is 43.5 Å². The van der Waals surface area contributed by atoms with Gasteiger partial charge in [-0.05, 0) is 46.6 Å². The van der Waals surface area contributed by atoms with Crippen molar-refractivity contribution in [3.05, 3.63) is 88.4 Å². The quantitative estimate of drug-likeness (QED) is 0.112. The molecule has 0 fully saturated rings. The summed E-state index contributed by atoms with van der Waals surface area (Å²) in [6.45, 7) is 3.99. The SMILES string of the molecule is CC[C@@H](C)c1nc2ccc(Br)cc2c(=O)n1N=Cc1cc(OC)c(Oc2ccc([N+](=O)[O-])cn2)c(Cl)c1Br.